The molecule has 1 saturated carbocycles. The van der Waals surface area contributed by atoms with Crippen molar-refractivity contribution in [2.24, 2.45) is 11.8 Å². The summed E-state index contributed by atoms with van der Waals surface area (Å²) in [5.41, 5.74) is 0. The summed E-state index contributed by atoms with van der Waals surface area (Å²) >= 11 is 1.65. The van der Waals surface area contributed by atoms with Gasteiger partial charge in [-0.1, -0.05) is 0 Å². The molecular weight excluding hydrogens is 290 g/mol. The van der Waals surface area contributed by atoms with Gasteiger partial charge in [0, 0.05) is 13.1 Å². The second-order valence-corrected chi connectivity index (χ2v) is 6.90. The molecule has 1 aromatic rings. The first-order chi connectivity index (χ1) is 10.1. The Morgan fingerprint density at radius 2 is 1.90 bits per heavy atom. The van der Waals surface area contributed by atoms with Gasteiger partial charge >= 0.3 is 0 Å². The number of hydrogen-bond acceptors (Lipinski definition) is 5. The minimum absolute atomic E-state index is 0.0827. The molecule has 4 atom stereocenters. The monoisotopic (exact) mass is 311 g/mol. The van der Waals surface area contributed by atoms with E-state index >= 15 is 0 Å². The maximum atomic E-state index is 12.5. The molecule has 1 aromatic heterocycles. The predicted molar refractivity (Wildman–Crippen MR) is 80.1 cm³/mol. The molecule has 2 N–H and O–H groups in total. The van der Waals surface area contributed by atoms with Crippen LogP contribution in [0, 0.1) is 11.8 Å². The van der Waals surface area contributed by atoms with Gasteiger partial charge in [0.2, 0.25) is 0 Å². The average Bonchev–Trinajstić information content (AvgIpc) is 3.06. The highest BCUT2D eigenvalue weighted by molar-refractivity contribution is 7.97. The van der Waals surface area contributed by atoms with Crippen molar-refractivity contribution in [2.45, 2.75) is 30.8 Å². The molecule has 1 aliphatic heterocycles. The highest BCUT2D eigenvalue weighted by atomic mass is 32.2. The van der Waals surface area contributed by atoms with Crippen LogP contribution in [0.15, 0.2) is 16.5 Å². The van der Waals surface area contributed by atoms with Crippen molar-refractivity contribution in [2.75, 3.05) is 19.3 Å². The lowest BCUT2D eigenvalue weighted by atomic mass is 9.79. The van der Waals surface area contributed by atoms with Gasteiger partial charge in [-0.25, -0.2) is 0 Å². The van der Waals surface area contributed by atoms with Gasteiger partial charge in [0.15, 0.2) is 5.76 Å². The molecule has 5 nitrogen and oxygen atoms in total. The van der Waals surface area contributed by atoms with E-state index in [1.807, 2.05) is 12.3 Å². The Morgan fingerprint density at radius 3 is 2.48 bits per heavy atom. The maximum Gasteiger partial charge on any atom is 0.289 e. The first-order valence-corrected chi connectivity index (χ1v) is 8.71. The Bertz CT molecular complexity index is 500. The Hall–Kier alpha value is -0.980. The number of amides is 1. The Labute approximate surface area is 128 Å². The van der Waals surface area contributed by atoms with Crippen LogP contribution in [0.4, 0.5) is 0 Å². The molecule has 0 aromatic carbocycles. The van der Waals surface area contributed by atoms with E-state index in [1.165, 1.54) is 0 Å². The number of hydrogen-bond donors (Lipinski definition) is 2. The largest absolute Gasteiger partial charge is 0.455 e. The molecule has 1 saturated heterocycles. The van der Waals surface area contributed by atoms with Gasteiger partial charge in [0.05, 0.1) is 18.0 Å². The summed E-state index contributed by atoms with van der Waals surface area (Å²) < 4.78 is 5.58. The number of aliphatic hydroxyl groups is 2. The second kappa shape index (κ2) is 6.02. The lowest BCUT2D eigenvalue weighted by molar-refractivity contribution is -0.0372. The quantitative estimate of drug-likeness (QED) is 0.881. The fourth-order valence-corrected chi connectivity index (χ4v) is 3.88. The number of nitrogens with zero attached hydrogens (tertiary/aromatic N) is 1. The topological polar surface area (TPSA) is 73.9 Å². The van der Waals surface area contributed by atoms with Crippen LogP contribution < -0.4 is 0 Å². The van der Waals surface area contributed by atoms with E-state index in [4.69, 9.17) is 4.42 Å². The first-order valence-electron chi connectivity index (χ1n) is 7.31. The molecule has 2 aliphatic rings. The van der Waals surface area contributed by atoms with Crippen molar-refractivity contribution in [3.8, 4) is 0 Å². The molecule has 2 fully saturated rings. The molecule has 0 spiro atoms. The molecule has 3 rings (SSSR count). The molecular formula is C15H21NO4S. The number of likely N-dealkylation sites (tertiary alicyclic amines) is 1. The average molecular weight is 311 g/mol. The van der Waals surface area contributed by atoms with E-state index in [0.29, 0.717) is 31.7 Å². The van der Waals surface area contributed by atoms with Crippen LogP contribution >= 0.6 is 11.8 Å². The highest BCUT2D eigenvalue weighted by Crippen LogP contribution is 2.37. The third-order valence-electron chi connectivity index (χ3n) is 4.56. The molecule has 21 heavy (non-hydrogen) atoms. The second-order valence-electron chi connectivity index (χ2n) is 6.04. The van der Waals surface area contributed by atoms with Crippen LogP contribution in [0.25, 0.3) is 0 Å². The van der Waals surface area contributed by atoms with Crippen LogP contribution in [0.3, 0.4) is 0 Å². The van der Waals surface area contributed by atoms with Crippen LogP contribution in [-0.4, -0.2) is 52.6 Å². The van der Waals surface area contributed by atoms with Crippen molar-refractivity contribution in [3.05, 3.63) is 23.7 Å². The van der Waals surface area contributed by atoms with E-state index < -0.39 is 12.2 Å². The molecule has 0 radical (unpaired) electrons. The fraction of sp³-hybridized carbons (Fsp3) is 0.667. The summed E-state index contributed by atoms with van der Waals surface area (Å²) in [7, 11) is 0. The predicted octanol–water partition coefficient (Wildman–Crippen LogP) is 1.35. The van der Waals surface area contributed by atoms with Crippen molar-refractivity contribution < 1.29 is 19.4 Å². The Balaban J connectivity index is 1.66. The minimum Gasteiger partial charge on any atom is -0.455 e. The molecule has 1 aliphatic carbocycles. The number of aliphatic hydroxyl groups excluding tert-OH is 2. The van der Waals surface area contributed by atoms with Crippen molar-refractivity contribution in [1.82, 2.24) is 4.90 Å². The standard InChI is InChI=1S/C15H21NO4S/c1-21-8-11-2-3-14(20-11)15(19)16-6-9-4-12(17)13(18)5-10(9)7-16/h2-3,9-10,12-13,17-18H,4-8H2,1H3/t9-,10+,12-,13-/m0/s1. The smallest absolute Gasteiger partial charge is 0.289 e. The summed E-state index contributed by atoms with van der Waals surface area (Å²) in [5, 5.41) is 19.5. The van der Waals surface area contributed by atoms with Crippen LogP contribution in [0.1, 0.15) is 29.2 Å². The van der Waals surface area contributed by atoms with Crippen LogP contribution in [-0.2, 0) is 5.75 Å². The van der Waals surface area contributed by atoms with Gasteiger partial charge in [0.25, 0.3) is 5.91 Å². The molecule has 2 heterocycles. The van der Waals surface area contributed by atoms with E-state index in [9.17, 15) is 15.0 Å². The van der Waals surface area contributed by atoms with E-state index in [-0.39, 0.29) is 17.7 Å². The van der Waals surface area contributed by atoms with Crippen molar-refractivity contribution in [3.63, 3.8) is 0 Å². The summed E-state index contributed by atoms with van der Waals surface area (Å²) in [6, 6.07) is 3.58. The number of furan rings is 1. The van der Waals surface area contributed by atoms with Gasteiger partial charge in [-0.15, -0.1) is 0 Å². The lowest BCUT2D eigenvalue weighted by Gasteiger charge is -2.31. The number of rotatable bonds is 3. The Morgan fingerprint density at radius 1 is 1.29 bits per heavy atom. The van der Waals surface area contributed by atoms with E-state index in [1.54, 1.807) is 22.7 Å². The number of carbonyl (C=O) groups is 1. The maximum absolute atomic E-state index is 12.5. The number of thioether (sulfide) groups is 1. The fourth-order valence-electron chi connectivity index (χ4n) is 3.44. The normalized spacial score (nSPS) is 32.2. The third kappa shape index (κ3) is 2.98. The minimum atomic E-state index is -0.655. The SMILES string of the molecule is CSCc1ccc(C(=O)N2C[C@H]3C[C@H](O)[C@@H](O)C[C@H]3C2)o1. The zero-order chi connectivity index (χ0) is 15.0. The summed E-state index contributed by atoms with van der Waals surface area (Å²) in [6.07, 6.45) is 1.83. The molecule has 6 heteroatoms. The van der Waals surface area contributed by atoms with Crippen LogP contribution in [0.5, 0.6) is 0 Å². The molecule has 116 valence electrons. The Kier molecular flexibility index (Phi) is 4.28. The van der Waals surface area contributed by atoms with E-state index in [2.05, 4.69) is 0 Å². The van der Waals surface area contributed by atoms with Gasteiger partial charge in [-0.3, -0.25) is 4.79 Å². The van der Waals surface area contributed by atoms with E-state index in [0.717, 1.165) is 11.5 Å². The summed E-state index contributed by atoms with van der Waals surface area (Å²) in [4.78, 5) is 14.3. The summed E-state index contributed by atoms with van der Waals surface area (Å²) in [6.45, 7) is 1.29. The zero-order valence-corrected chi connectivity index (χ0v) is 12.9. The highest BCUT2D eigenvalue weighted by Gasteiger charge is 2.42. The zero-order valence-electron chi connectivity index (χ0n) is 12.1. The molecule has 0 unspecified atom stereocenters. The van der Waals surface area contributed by atoms with Crippen LogP contribution in [0.2, 0.25) is 0 Å². The lowest BCUT2D eigenvalue weighted by Crippen LogP contribution is -2.38. The number of fused-ring (bicyclic) bond motifs is 1. The molecule has 1 amide bonds. The van der Waals surface area contributed by atoms with Gasteiger partial charge in [-0.05, 0) is 43.1 Å². The van der Waals surface area contributed by atoms with Gasteiger partial charge in [0.1, 0.15) is 5.76 Å². The molecule has 0 bridgehead atoms. The summed E-state index contributed by atoms with van der Waals surface area (Å²) in [5.74, 6) is 2.45. The van der Waals surface area contributed by atoms with Crippen molar-refractivity contribution in [1.29, 1.82) is 0 Å². The third-order valence-corrected chi connectivity index (χ3v) is 5.13. The van der Waals surface area contributed by atoms with Gasteiger partial charge in [-0.2, -0.15) is 11.8 Å². The van der Waals surface area contributed by atoms with Crippen molar-refractivity contribution >= 4 is 17.7 Å². The first kappa shape index (κ1) is 14.9. The van der Waals surface area contributed by atoms with Gasteiger partial charge < -0.3 is 19.5 Å². The number of carbonyl (C=O) groups excluding carboxylic acids is 1.